The fourth-order valence-electron chi connectivity index (χ4n) is 2.55. The highest BCUT2D eigenvalue weighted by Crippen LogP contribution is 2.23. The molecule has 1 amide bonds. The summed E-state index contributed by atoms with van der Waals surface area (Å²) in [6.07, 6.45) is 1.63. The lowest BCUT2D eigenvalue weighted by atomic mass is 10.1. The van der Waals surface area contributed by atoms with Gasteiger partial charge in [-0.3, -0.25) is 4.79 Å². The number of rotatable bonds is 4. The zero-order valence-electron chi connectivity index (χ0n) is 11.7. The molecule has 2 aromatic rings. The van der Waals surface area contributed by atoms with Crippen molar-refractivity contribution in [3.63, 3.8) is 0 Å². The number of halogens is 1. The van der Waals surface area contributed by atoms with E-state index in [4.69, 9.17) is 0 Å². The molecule has 0 unspecified atom stereocenters. The van der Waals surface area contributed by atoms with E-state index in [1.807, 2.05) is 24.3 Å². The summed E-state index contributed by atoms with van der Waals surface area (Å²) in [5.41, 5.74) is 3.84. The number of anilines is 1. The predicted octanol–water partition coefficient (Wildman–Crippen LogP) is 2.77. The molecule has 21 heavy (non-hydrogen) atoms. The van der Waals surface area contributed by atoms with Crippen molar-refractivity contribution in [1.29, 1.82) is 0 Å². The Bertz CT molecular complexity index is 670. The van der Waals surface area contributed by atoms with E-state index >= 15 is 0 Å². The van der Waals surface area contributed by atoms with Crippen molar-refractivity contribution >= 4 is 11.6 Å². The number of amides is 1. The van der Waals surface area contributed by atoms with Crippen LogP contribution in [0.2, 0.25) is 0 Å². The molecule has 0 aliphatic carbocycles. The van der Waals surface area contributed by atoms with Crippen molar-refractivity contribution in [3.05, 3.63) is 65.0 Å². The number of carbonyl (C=O) groups excluding carboxylic acids is 1. The van der Waals surface area contributed by atoms with Crippen LogP contribution < -0.4 is 10.6 Å². The van der Waals surface area contributed by atoms with Crippen LogP contribution in [0.4, 0.5) is 10.1 Å². The smallest absolute Gasteiger partial charge is 0.251 e. The van der Waals surface area contributed by atoms with Crippen molar-refractivity contribution in [2.75, 3.05) is 18.4 Å². The van der Waals surface area contributed by atoms with E-state index in [0.29, 0.717) is 18.5 Å². The van der Waals surface area contributed by atoms with Gasteiger partial charge in [0.1, 0.15) is 5.82 Å². The highest BCUT2D eigenvalue weighted by molar-refractivity contribution is 5.95. The van der Waals surface area contributed by atoms with Crippen molar-refractivity contribution in [2.45, 2.75) is 12.8 Å². The molecule has 0 atom stereocenters. The maximum absolute atomic E-state index is 13.1. The average molecular weight is 284 g/mol. The molecular weight excluding hydrogens is 267 g/mol. The van der Waals surface area contributed by atoms with E-state index in [1.54, 1.807) is 6.07 Å². The Morgan fingerprint density at radius 3 is 3.00 bits per heavy atom. The Hall–Kier alpha value is -2.36. The van der Waals surface area contributed by atoms with Crippen LogP contribution in [0.15, 0.2) is 42.5 Å². The summed E-state index contributed by atoms with van der Waals surface area (Å²) in [4.78, 5) is 12.1. The van der Waals surface area contributed by atoms with Gasteiger partial charge in [-0.05, 0) is 48.2 Å². The minimum atomic E-state index is -0.247. The third-order valence-corrected chi connectivity index (χ3v) is 3.67. The molecule has 4 heteroatoms. The van der Waals surface area contributed by atoms with Crippen LogP contribution in [-0.4, -0.2) is 19.0 Å². The number of fused-ring (bicyclic) bond motifs is 1. The van der Waals surface area contributed by atoms with Crippen LogP contribution in [-0.2, 0) is 12.8 Å². The topological polar surface area (TPSA) is 41.1 Å². The van der Waals surface area contributed by atoms with E-state index in [2.05, 4.69) is 10.6 Å². The fourth-order valence-corrected chi connectivity index (χ4v) is 2.55. The molecule has 0 aromatic heterocycles. The van der Waals surface area contributed by atoms with Crippen molar-refractivity contribution in [1.82, 2.24) is 5.32 Å². The van der Waals surface area contributed by atoms with E-state index in [1.165, 1.54) is 17.7 Å². The van der Waals surface area contributed by atoms with Gasteiger partial charge in [-0.1, -0.05) is 18.2 Å². The Balaban J connectivity index is 1.57. The molecule has 0 saturated heterocycles. The van der Waals surface area contributed by atoms with Crippen LogP contribution in [0.25, 0.3) is 0 Å². The van der Waals surface area contributed by atoms with Crippen LogP contribution in [0.3, 0.4) is 0 Å². The first-order chi connectivity index (χ1) is 10.2. The van der Waals surface area contributed by atoms with Crippen LogP contribution in [0, 0.1) is 5.82 Å². The zero-order valence-corrected chi connectivity index (χ0v) is 11.7. The maximum Gasteiger partial charge on any atom is 0.251 e. The highest BCUT2D eigenvalue weighted by atomic mass is 19.1. The lowest BCUT2D eigenvalue weighted by molar-refractivity contribution is 0.0954. The molecule has 0 saturated carbocycles. The van der Waals surface area contributed by atoms with E-state index in [0.717, 1.165) is 24.2 Å². The molecule has 0 bridgehead atoms. The van der Waals surface area contributed by atoms with Crippen molar-refractivity contribution in [2.24, 2.45) is 0 Å². The lowest BCUT2D eigenvalue weighted by Crippen LogP contribution is -2.25. The lowest BCUT2D eigenvalue weighted by Gasteiger charge is -2.07. The molecule has 3 nitrogen and oxygen atoms in total. The van der Waals surface area contributed by atoms with E-state index in [-0.39, 0.29) is 11.7 Å². The monoisotopic (exact) mass is 284 g/mol. The summed E-state index contributed by atoms with van der Waals surface area (Å²) in [5, 5.41) is 6.13. The summed E-state index contributed by atoms with van der Waals surface area (Å²) < 4.78 is 13.1. The largest absolute Gasteiger partial charge is 0.384 e. The minimum absolute atomic E-state index is 0.0945. The highest BCUT2D eigenvalue weighted by Gasteiger charge is 2.13. The summed E-state index contributed by atoms with van der Waals surface area (Å²) in [6, 6.07) is 12.2. The Morgan fingerprint density at radius 2 is 2.14 bits per heavy atom. The number of benzene rings is 2. The van der Waals surface area contributed by atoms with Gasteiger partial charge in [0.15, 0.2) is 0 Å². The maximum atomic E-state index is 13.1. The second-order valence-corrected chi connectivity index (χ2v) is 5.18. The van der Waals surface area contributed by atoms with Gasteiger partial charge in [-0.2, -0.15) is 0 Å². The van der Waals surface area contributed by atoms with Gasteiger partial charge in [-0.25, -0.2) is 4.39 Å². The normalized spacial score (nSPS) is 12.6. The van der Waals surface area contributed by atoms with Gasteiger partial charge in [-0.15, -0.1) is 0 Å². The number of nitrogens with one attached hydrogen (secondary N) is 2. The van der Waals surface area contributed by atoms with E-state index in [9.17, 15) is 9.18 Å². The Kier molecular flexibility index (Phi) is 3.86. The third kappa shape index (κ3) is 3.21. The van der Waals surface area contributed by atoms with Gasteiger partial charge >= 0.3 is 0 Å². The second kappa shape index (κ2) is 5.95. The van der Waals surface area contributed by atoms with Gasteiger partial charge < -0.3 is 10.6 Å². The Labute approximate surface area is 123 Å². The molecule has 0 radical (unpaired) electrons. The molecule has 0 fully saturated rings. The molecule has 0 spiro atoms. The molecule has 1 heterocycles. The van der Waals surface area contributed by atoms with Crippen molar-refractivity contribution < 1.29 is 9.18 Å². The summed E-state index contributed by atoms with van der Waals surface area (Å²) >= 11 is 0. The molecule has 1 aliphatic rings. The molecule has 2 aromatic carbocycles. The summed E-state index contributed by atoms with van der Waals surface area (Å²) in [6.45, 7) is 1.42. The van der Waals surface area contributed by atoms with Gasteiger partial charge in [0, 0.05) is 24.3 Å². The number of hydrogen-bond acceptors (Lipinski definition) is 2. The zero-order chi connectivity index (χ0) is 14.7. The number of hydrogen-bond donors (Lipinski definition) is 2. The fraction of sp³-hybridized carbons (Fsp3) is 0.235. The quantitative estimate of drug-likeness (QED) is 0.906. The first-order valence-electron chi connectivity index (χ1n) is 7.12. The average Bonchev–Trinajstić information content (AvgIpc) is 2.94. The van der Waals surface area contributed by atoms with Gasteiger partial charge in [0.25, 0.3) is 5.91 Å². The third-order valence-electron chi connectivity index (χ3n) is 3.67. The van der Waals surface area contributed by atoms with Crippen molar-refractivity contribution in [3.8, 4) is 0 Å². The first-order valence-corrected chi connectivity index (χ1v) is 7.12. The standard InChI is InChI=1S/C17H17FN2O/c18-15-3-1-2-12(10-15)6-8-20-17(21)14-5-4-13-7-9-19-16(13)11-14/h1-5,10-11,19H,6-9H2,(H,20,21). The molecule has 1 aliphatic heterocycles. The summed E-state index contributed by atoms with van der Waals surface area (Å²) in [7, 11) is 0. The molecule has 3 rings (SSSR count). The Morgan fingerprint density at radius 1 is 1.24 bits per heavy atom. The van der Waals surface area contributed by atoms with Crippen LogP contribution >= 0.6 is 0 Å². The molecular formula is C17H17FN2O. The minimum Gasteiger partial charge on any atom is -0.384 e. The number of carbonyl (C=O) groups is 1. The van der Waals surface area contributed by atoms with Crippen LogP contribution in [0.1, 0.15) is 21.5 Å². The second-order valence-electron chi connectivity index (χ2n) is 5.18. The summed E-state index contributed by atoms with van der Waals surface area (Å²) in [5.74, 6) is -0.341. The first kappa shape index (κ1) is 13.6. The van der Waals surface area contributed by atoms with Gasteiger partial charge in [0.2, 0.25) is 0 Å². The SMILES string of the molecule is O=C(NCCc1cccc(F)c1)c1ccc2c(c1)NCC2. The predicted molar refractivity (Wildman–Crippen MR) is 81.1 cm³/mol. The van der Waals surface area contributed by atoms with E-state index < -0.39 is 0 Å². The molecule has 108 valence electrons. The van der Waals surface area contributed by atoms with Gasteiger partial charge in [0.05, 0.1) is 0 Å². The van der Waals surface area contributed by atoms with Crippen LogP contribution in [0.5, 0.6) is 0 Å². The molecule has 2 N–H and O–H groups in total.